The molecule has 3 heteroatoms. The van der Waals surface area contributed by atoms with Crippen molar-refractivity contribution in [3.63, 3.8) is 0 Å². The molecule has 1 aliphatic heterocycles. The lowest BCUT2D eigenvalue weighted by molar-refractivity contribution is -0.118. The monoisotopic (exact) mass is 295 g/mol. The second-order valence-corrected chi connectivity index (χ2v) is 6.21. The van der Waals surface area contributed by atoms with Gasteiger partial charge in [-0.2, -0.15) is 0 Å². The number of fused-ring (bicyclic) bond motifs is 2. The molecule has 1 aliphatic carbocycles. The number of aryl methyl sites for hydroxylation is 1. The number of amides is 1. The topological polar surface area (TPSA) is 20.3 Å². The molecule has 2 aromatic carbocycles. The molecular formula is C19H18FNO. The van der Waals surface area contributed by atoms with Gasteiger partial charge in [-0.25, -0.2) is 4.39 Å². The van der Waals surface area contributed by atoms with E-state index in [4.69, 9.17) is 0 Å². The third-order valence-electron chi connectivity index (χ3n) is 4.92. The zero-order chi connectivity index (χ0) is 15.1. The number of carbonyl (C=O) groups is 1. The Hall–Kier alpha value is -2.16. The van der Waals surface area contributed by atoms with Crippen LogP contribution in [-0.4, -0.2) is 12.5 Å². The van der Waals surface area contributed by atoms with Gasteiger partial charge in [0.1, 0.15) is 5.82 Å². The Balaban J connectivity index is 1.54. The van der Waals surface area contributed by atoms with E-state index in [1.165, 1.54) is 23.3 Å². The number of rotatable bonds is 2. The van der Waals surface area contributed by atoms with Crippen LogP contribution in [0.15, 0.2) is 42.5 Å². The Kier molecular flexibility index (Phi) is 3.21. The van der Waals surface area contributed by atoms with Crippen LogP contribution in [-0.2, 0) is 17.6 Å². The number of nitrogens with zero attached hydrogens (tertiary/aromatic N) is 1. The summed E-state index contributed by atoms with van der Waals surface area (Å²) in [7, 11) is 0. The maximum Gasteiger partial charge on any atom is 0.227 e. The van der Waals surface area contributed by atoms with Crippen LogP contribution in [0.5, 0.6) is 0 Å². The van der Waals surface area contributed by atoms with E-state index >= 15 is 0 Å². The predicted molar refractivity (Wildman–Crippen MR) is 84.6 cm³/mol. The van der Waals surface area contributed by atoms with Gasteiger partial charge in [0.2, 0.25) is 5.91 Å². The Morgan fingerprint density at radius 3 is 2.91 bits per heavy atom. The molecule has 0 fully saturated rings. The fraction of sp³-hybridized carbons (Fsp3) is 0.316. The van der Waals surface area contributed by atoms with Crippen molar-refractivity contribution in [2.75, 3.05) is 11.4 Å². The Morgan fingerprint density at radius 1 is 1.14 bits per heavy atom. The van der Waals surface area contributed by atoms with Gasteiger partial charge in [0.25, 0.3) is 0 Å². The van der Waals surface area contributed by atoms with Crippen molar-refractivity contribution in [1.82, 2.24) is 0 Å². The summed E-state index contributed by atoms with van der Waals surface area (Å²) in [6.45, 7) is 0.673. The average Bonchev–Trinajstić information content (AvgIpc) is 3.11. The van der Waals surface area contributed by atoms with E-state index in [1.807, 2.05) is 6.07 Å². The van der Waals surface area contributed by atoms with E-state index in [9.17, 15) is 9.18 Å². The Bertz CT molecular complexity index is 740. The fourth-order valence-electron chi connectivity index (χ4n) is 3.79. The number of halogens is 1. The van der Waals surface area contributed by atoms with E-state index in [2.05, 4.69) is 18.2 Å². The minimum Gasteiger partial charge on any atom is -0.312 e. The number of carbonyl (C=O) groups excluding carboxylic acids is 1. The average molecular weight is 295 g/mol. The van der Waals surface area contributed by atoms with Crippen molar-refractivity contribution < 1.29 is 9.18 Å². The molecule has 1 heterocycles. The minimum absolute atomic E-state index is 0.117. The molecular weight excluding hydrogens is 277 g/mol. The highest BCUT2D eigenvalue weighted by Crippen LogP contribution is 2.37. The molecule has 2 aromatic rings. The molecule has 4 rings (SSSR count). The summed E-state index contributed by atoms with van der Waals surface area (Å²) in [5.74, 6) is 0.150. The summed E-state index contributed by atoms with van der Waals surface area (Å²) in [4.78, 5) is 14.5. The maximum atomic E-state index is 13.5. The standard InChI is InChI=1S/C19H18FNO/c20-16-8-7-14-9-10-21(18(14)12-16)19(22)11-15-6-5-13-3-1-2-4-17(13)15/h1-4,7-8,12,15H,5-6,9-11H2. The van der Waals surface area contributed by atoms with Gasteiger partial charge in [0.05, 0.1) is 0 Å². The lowest BCUT2D eigenvalue weighted by Gasteiger charge is -2.20. The summed E-state index contributed by atoms with van der Waals surface area (Å²) < 4.78 is 13.5. The van der Waals surface area contributed by atoms with Crippen molar-refractivity contribution in [2.24, 2.45) is 0 Å². The number of anilines is 1. The van der Waals surface area contributed by atoms with Gasteiger partial charge in [-0.1, -0.05) is 30.3 Å². The van der Waals surface area contributed by atoms with Gasteiger partial charge in [-0.15, -0.1) is 0 Å². The van der Waals surface area contributed by atoms with Crippen LogP contribution in [0.3, 0.4) is 0 Å². The summed E-state index contributed by atoms with van der Waals surface area (Å²) in [6.07, 6.45) is 3.43. The molecule has 0 bridgehead atoms. The number of hydrogen-bond donors (Lipinski definition) is 0. The van der Waals surface area contributed by atoms with Crippen LogP contribution >= 0.6 is 0 Å². The van der Waals surface area contributed by atoms with Crippen molar-refractivity contribution >= 4 is 11.6 Å². The number of hydrogen-bond acceptors (Lipinski definition) is 1. The third kappa shape index (κ3) is 2.21. The van der Waals surface area contributed by atoms with Crippen molar-refractivity contribution in [2.45, 2.75) is 31.6 Å². The molecule has 0 radical (unpaired) electrons. The molecule has 1 atom stereocenters. The van der Waals surface area contributed by atoms with Crippen molar-refractivity contribution in [3.8, 4) is 0 Å². The first-order chi connectivity index (χ1) is 10.7. The van der Waals surface area contributed by atoms with E-state index in [0.717, 1.165) is 30.5 Å². The summed E-state index contributed by atoms with van der Waals surface area (Å²) in [5.41, 5.74) is 4.51. The first kappa shape index (κ1) is 13.5. The highest BCUT2D eigenvalue weighted by atomic mass is 19.1. The quantitative estimate of drug-likeness (QED) is 0.824. The van der Waals surface area contributed by atoms with E-state index in [1.54, 1.807) is 11.0 Å². The predicted octanol–water partition coefficient (Wildman–Crippen LogP) is 3.83. The zero-order valence-electron chi connectivity index (χ0n) is 12.4. The summed E-state index contributed by atoms with van der Waals surface area (Å²) in [5, 5.41) is 0. The Labute approximate surface area is 129 Å². The second-order valence-electron chi connectivity index (χ2n) is 6.21. The van der Waals surface area contributed by atoms with E-state index < -0.39 is 0 Å². The first-order valence-corrected chi connectivity index (χ1v) is 7.89. The van der Waals surface area contributed by atoms with Gasteiger partial charge in [-0.3, -0.25) is 4.79 Å². The normalized spacial score (nSPS) is 19.1. The zero-order valence-corrected chi connectivity index (χ0v) is 12.4. The highest BCUT2D eigenvalue weighted by Gasteiger charge is 2.30. The SMILES string of the molecule is O=C(CC1CCc2ccccc21)N1CCc2ccc(F)cc21. The van der Waals surface area contributed by atoms with Gasteiger partial charge in [0, 0.05) is 18.7 Å². The molecule has 112 valence electrons. The summed E-state index contributed by atoms with van der Waals surface area (Å²) in [6, 6.07) is 13.1. The minimum atomic E-state index is -0.273. The molecule has 2 aliphatic rings. The van der Waals surface area contributed by atoms with E-state index in [0.29, 0.717) is 18.9 Å². The second kappa shape index (κ2) is 5.24. The summed E-state index contributed by atoms with van der Waals surface area (Å²) >= 11 is 0. The van der Waals surface area contributed by atoms with Gasteiger partial charge in [0.15, 0.2) is 0 Å². The van der Waals surface area contributed by atoms with Crippen molar-refractivity contribution in [1.29, 1.82) is 0 Å². The van der Waals surface area contributed by atoms with Crippen LogP contribution in [0, 0.1) is 5.82 Å². The van der Waals surface area contributed by atoms with Crippen LogP contribution < -0.4 is 4.90 Å². The maximum absolute atomic E-state index is 13.5. The molecule has 0 saturated carbocycles. The molecule has 0 saturated heterocycles. The number of benzene rings is 2. The van der Waals surface area contributed by atoms with Gasteiger partial charge >= 0.3 is 0 Å². The molecule has 2 nitrogen and oxygen atoms in total. The van der Waals surface area contributed by atoms with Crippen LogP contribution in [0.25, 0.3) is 0 Å². The molecule has 22 heavy (non-hydrogen) atoms. The van der Waals surface area contributed by atoms with Crippen LogP contribution in [0.2, 0.25) is 0 Å². The lowest BCUT2D eigenvalue weighted by Crippen LogP contribution is -2.29. The molecule has 0 N–H and O–H groups in total. The fourth-order valence-corrected chi connectivity index (χ4v) is 3.79. The Morgan fingerprint density at radius 2 is 2.00 bits per heavy atom. The van der Waals surface area contributed by atoms with Gasteiger partial charge in [-0.05, 0) is 54.0 Å². The highest BCUT2D eigenvalue weighted by molar-refractivity contribution is 5.96. The third-order valence-corrected chi connectivity index (χ3v) is 4.92. The largest absolute Gasteiger partial charge is 0.312 e. The van der Waals surface area contributed by atoms with Crippen LogP contribution in [0.4, 0.5) is 10.1 Å². The molecule has 0 aromatic heterocycles. The van der Waals surface area contributed by atoms with Gasteiger partial charge < -0.3 is 4.90 Å². The van der Waals surface area contributed by atoms with Crippen molar-refractivity contribution in [3.05, 3.63) is 65.0 Å². The molecule has 1 unspecified atom stereocenters. The lowest BCUT2D eigenvalue weighted by atomic mass is 9.97. The van der Waals surface area contributed by atoms with E-state index in [-0.39, 0.29) is 11.7 Å². The van der Waals surface area contributed by atoms with Crippen LogP contribution in [0.1, 0.15) is 35.4 Å². The first-order valence-electron chi connectivity index (χ1n) is 7.89. The smallest absolute Gasteiger partial charge is 0.227 e. The molecule has 0 spiro atoms. The molecule has 1 amide bonds.